The van der Waals surface area contributed by atoms with Crippen molar-refractivity contribution in [2.24, 2.45) is 0 Å². The smallest absolute Gasteiger partial charge is 0.266 e. The summed E-state index contributed by atoms with van der Waals surface area (Å²) in [5.41, 5.74) is 1.60. The van der Waals surface area contributed by atoms with Crippen LogP contribution in [0, 0.1) is 21.4 Å². The van der Waals surface area contributed by atoms with Crippen LogP contribution in [0.1, 0.15) is 22.5 Å². The number of nitrogens with zero attached hydrogens (tertiary/aromatic N) is 5. The second-order valence-electron chi connectivity index (χ2n) is 6.41. The third-order valence-electron chi connectivity index (χ3n) is 4.41. The van der Waals surface area contributed by atoms with Crippen molar-refractivity contribution >= 4 is 39.7 Å². The Morgan fingerprint density at radius 3 is 2.67 bits per heavy atom. The first-order valence-electron chi connectivity index (χ1n) is 8.78. The van der Waals surface area contributed by atoms with Crippen LogP contribution in [0.4, 0.5) is 5.69 Å². The van der Waals surface area contributed by atoms with Gasteiger partial charge in [-0.1, -0.05) is 41.1 Å². The van der Waals surface area contributed by atoms with Crippen LogP contribution in [-0.2, 0) is 12.8 Å². The molecule has 0 N–H and O–H groups in total. The molecule has 0 radical (unpaired) electrons. The van der Waals surface area contributed by atoms with Gasteiger partial charge in [-0.15, -0.1) is 5.10 Å². The van der Waals surface area contributed by atoms with E-state index in [-0.39, 0.29) is 16.3 Å². The Bertz CT molecular complexity index is 1420. The van der Waals surface area contributed by atoms with Crippen LogP contribution < -0.4 is 10.1 Å². The van der Waals surface area contributed by atoms with Crippen LogP contribution in [0.5, 0.6) is 0 Å². The molecular weight excluding hydrogens is 426 g/mol. The molecule has 0 atom stereocenters. The number of fused-ring (bicyclic) bond motifs is 1. The van der Waals surface area contributed by atoms with E-state index in [9.17, 15) is 14.9 Å². The van der Waals surface area contributed by atoms with E-state index in [1.807, 2.05) is 12.1 Å². The fourth-order valence-electron chi connectivity index (χ4n) is 2.89. The lowest BCUT2D eigenvalue weighted by molar-refractivity contribution is -0.384. The van der Waals surface area contributed by atoms with Crippen LogP contribution in [-0.4, -0.2) is 19.5 Å². The quantitative estimate of drug-likeness (QED) is 0.350. The molecule has 2 aromatic heterocycles. The van der Waals surface area contributed by atoms with Crippen LogP contribution in [0.25, 0.3) is 11.0 Å². The SMILES string of the molecule is N#Cc1ccc(CCc2nc3s/c(=C\c4ccc(Cl)c([N+](=O)[O-])c4)c(=O)n3n2)cc1. The molecule has 2 aromatic carbocycles. The maximum Gasteiger partial charge on any atom is 0.291 e. The molecule has 0 spiro atoms. The van der Waals surface area contributed by atoms with Gasteiger partial charge in [0, 0.05) is 12.5 Å². The zero-order chi connectivity index (χ0) is 21.3. The maximum atomic E-state index is 12.6. The predicted molar refractivity (Wildman–Crippen MR) is 113 cm³/mol. The molecule has 2 heterocycles. The third-order valence-corrected chi connectivity index (χ3v) is 5.69. The molecule has 4 rings (SSSR count). The largest absolute Gasteiger partial charge is 0.291 e. The summed E-state index contributed by atoms with van der Waals surface area (Å²) >= 11 is 6.99. The number of rotatable bonds is 5. The van der Waals surface area contributed by atoms with Crippen molar-refractivity contribution in [3.8, 4) is 6.07 Å². The number of halogens is 1. The van der Waals surface area contributed by atoms with Gasteiger partial charge in [-0.2, -0.15) is 9.78 Å². The first-order chi connectivity index (χ1) is 14.4. The van der Waals surface area contributed by atoms with Gasteiger partial charge in [-0.25, -0.2) is 4.98 Å². The summed E-state index contributed by atoms with van der Waals surface area (Å²) in [6.45, 7) is 0. The highest BCUT2D eigenvalue weighted by molar-refractivity contribution is 7.15. The van der Waals surface area contributed by atoms with E-state index in [1.54, 1.807) is 24.3 Å². The summed E-state index contributed by atoms with van der Waals surface area (Å²) in [6.07, 6.45) is 2.80. The molecule has 0 saturated carbocycles. The monoisotopic (exact) mass is 437 g/mol. The van der Waals surface area contributed by atoms with E-state index in [1.165, 1.54) is 28.0 Å². The zero-order valence-electron chi connectivity index (χ0n) is 15.3. The average molecular weight is 438 g/mol. The molecular formula is C20H12ClN5O3S. The number of nitro groups is 1. The van der Waals surface area contributed by atoms with E-state index in [0.29, 0.717) is 39.3 Å². The van der Waals surface area contributed by atoms with Gasteiger partial charge in [0.15, 0.2) is 5.82 Å². The maximum absolute atomic E-state index is 12.6. The summed E-state index contributed by atoms with van der Waals surface area (Å²) in [5.74, 6) is 0.552. The molecule has 0 amide bonds. The molecule has 8 nitrogen and oxygen atoms in total. The number of aryl methyl sites for hydroxylation is 2. The fourth-order valence-corrected chi connectivity index (χ4v) is 4.01. The van der Waals surface area contributed by atoms with E-state index in [2.05, 4.69) is 16.2 Å². The fraction of sp³-hybridized carbons (Fsp3) is 0.100. The van der Waals surface area contributed by atoms with Crippen molar-refractivity contribution in [2.45, 2.75) is 12.8 Å². The highest BCUT2D eigenvalue weighted by atomic mass is 35.5. The molecule has 0 aliphatic rings. The minimum atomic E-state index is -0.569. The van der Waals surface area contributed by atoms with Crippen LogP contribution >= 0.6 is 22.9 Å². The van der Waals surface area contributed by atoms with Crippen LogP contribution in [0.15, 0.2) is 47.3 Å². The van der Waals surface area contributed by atoms with Crippen molar-refractivity contribution in [3.63, 3.8) is 0 Å². The second-order valence-corrected chi connectivity index (χ2v) is 7.83. The summed E-state index contributed by atoms with van der Waals surface area (Å²) in [7, 11) is 0. The summed E-state index contributed by atoms with van der Waals surface area (Å²) in [4.78, 5) is 28.0. The van der Waals surface area contributed by atoms with E-state index < -0.39 is 4.92 Å². The highest BCUT2D eigenvalue weighted by Gasteiger charge is 2.14. The van der Waals surface area contributed by atoms with E-state index >= 15 is 0 Å². The first kappa shape index (κ1) is 19.7. The van der Waals surface area contributed by atoms with Gasteiger partial charge in [-0.3, -0.25) is 14.9 Å². The lowest BCUT2D eigenvalue weighted by Crippen LogP contribution is -2.23. The van der Waals surface area contributed by atoms with Gasteiger partial charge in [0.05, 0.1) is 21.1 Å². The van der Waals surface area contributed by atoms with Gasteiger partial charge in [0.25, 0.3) is 11.2 Å². The van der Waals surface area contributed by atoms with Crippen molar-refractivity contribution in [1.82, 2.24) is 14.6 Å². The first-order valence-corrected chi connectivity index (χ1v) is 9.97. The lowest BCUT2D eigenvalue weighted by atomic mass is 10.1. The molecule has 0 bridgehead atoms. The number of aromatic nitrogens is 3. The number of hydrogen-bond acceptors (Lipinski definition) is 7. The number of nitriles is 1. The van der Waals surface area contributed by atoms with Gasteiger partial charge >= 0.3 is 0 Å². The molecule has 0 aliphatic heterocycles. The summed E-state index contributed by atoms with van der Waals surface area (Å²) in [6, 6.07) is 13.7. The molecule has 10 heteroatoms. The number of nitro benzene ring substituents is 1. The minimum Gasteiger partial charge on any atom is -0.266 e. The van der Waals surface area contributed by atoms with Gasteiger partial charge in [0.1, 0.15) is 5.02 Å². The normalized spacial score (nSPS) is 11.7. The highest BCUT2D eigenvalue weighted by Crippen LogP contribution is 2.25. The predicted octanol–water partition coefficient (Wildman–Crippen LogP) is 2.92. The topological polar surface area (TPSA) is 114 Å². The standard InChI is InChI=1S/C20H12ClN5O3S/c21-15-7-5-14(9-16(15)26(28)29)10-17-19(27)25-20(30-17)23-18(24-25)8-6-12-1-3-13(11-22)4-2-12/h1-5,7,9-10H,6,8H2/b17-10-. The molecule has 0 fully saturated rings. The Balaban J connectivity index is 1.58. The molecule has 30 heavy (non-hydrogen) atoms. The Labute approximate surface area is 178 Å². The average Bonchev–Trinajstić information content (AvgIpc) is 3.27. The lowest BCUT2D eigenvalue weighted by Gasteiger charge is -1.98. The van der Waals surface area contributed by atoms with Crippen molar-refractivity contribution < 1.29 is 4.92 Å². The Morgan fingerprint density at radius 1 is 1.23 bits per heavy atom. The van der Waals surface area contributed by atoms with Gasteiger partial charge < -0.3 is 0 Å². The molecule has 4 aromatic rings. The molecule has 0 saturated heterocycles. The minimum absolute atomic E-state index is 0.0362. The molecule has 148 valence electrons. The number of hydrogen-bond donors (Lipinski definition) is 0. The summed E-state index contributed by atoms with van der Waals surface area (Å²) in [5, 5.41) is 24.2. The molecule has 0 unspecified atom stereocenters. The van der Waals surface area contributed by atoms with Gasteiger partial charge in [0.2, 0.25) is 4.96 Å². The van der Waals surface area contributed by atoms with E-state index in [0.717, 1.165) is 5.56 Å². The Kier molecular flexibility index (Phi) is 5.27. The van der Waals surface area contributed by atoms with Crippen LogP contribution in [0.2, 0.25) is 5.02 Å². The van der Waals surface area contributed by atoms with Crippen molar-refractivity contribution in [3.05, 3.63) is 95.0 Å². The number of thiazole rings is 1. The Hall–Kier alpha value is -3.61. The molecule has 0 aliphatic carbocycles. The summed E-state index contributed by atoms with van der Waals surface area (Å²) < 4.78 is 1.62. The van der Waals surface area contributed by atoms with Crippen LogP contribution in [0.3, 0.4) is 0 Å². The zero-order valence-corrected chi connectivity index (χ0v) is 16.9. The Morgan fingerprint density at radius 2 is 2.00 bits per heavy atom. The van der Waals surface area contributed by atoms with E-state index in [4.69, 9.17) is 16.9 Å². The third kappa shape index (κ3) is 3.91. The van der Waals surface area contributed by atoms with Crippen molar-refractivity contribution in [2.75, 3.05) is 0 Å². The van der Waals surface area contributed by atoms with Crippen molar-refractivity contribution in [1.29, 1.82) is 5.26 Å². The van der Waals surface area contributed by atoms with Gasteiger partial charge in [-0.05, 0) is 41.8 Å². The second kappa shape index (κ2) is 8.02. The number of benzene rings is 2.